The number of hydrogen-bond acceptors (Lipinski definition) is 6. The third-order valence-electron chi connectivity index (χ3n) is 9.69. The second-order valence-corrected chi connectivity index (χ2v) is 11.9. The fraction of sp³-hybridized carbons (Fsp3) is 0.781. The molecule has 0 spiro atoms. The molecule has 218 valence electrons. The Morgan fingerprint density at radius 1 is 1.11 bits per heavy atom. The summed E-state index contributed by atoms with van der Waals surface area (Å²) in [6.45, 7) is 18.2. The fourth-order valence-electron chi connectivity index (χ4n) is 7.69. The molecule has 6 heteroatoms. The standard InChI is InChI=1S/C23H32O4.C4H8.C2H6O.C2H6.CH2O/c1-5-19(26)23(27)13(2)10-17-16-7-6-14-11-15(24)8-9-21(14,3)20(16)18(25)12-22(17,23)4;1-4-2-3-4;1-2-3;2*1-2/h8-9,11,13,16-18,20,25,27H,5-7,10,12H2,1-4H3;4H,2-3H2,1H3;3H,2H2,1H3;1-2H3;1H2/t13-,16?,17?,18?,20?,21?,22?,23+;;;;/m1..../s1. The molecule has 0 heterocycles. The molecular formula is C32H54O6. The van der Waals surface area contributed by atoms with Crippen LogP contribution in [0.4, 0.5) is 0 Å². The van der Waals surface area contributed by atoms with Crippen molar-refractivity contribution in [3.05, 3.63) is 23.8 Å². The molecule has 4 fully saturated rings. The Hall–Kier alpha value is -1.63. The van der Waals surface area contributed by atoms with E-state index in [-0.39, 0.29) is 47.3 Å². The van der Waals surface area contributed by atoms with Crippen LogP contribution in [-0.2, 0) is 14.4 Å². The summed E-state index contributed by atoms with van der Waals surface area (Å²) in [5.74, 6) is 1.43. The summed E-state index contributed by atoms with van der Waals surface area (Å²) in [5.41, 5.74) is -1.12. The zero-order valence-corrected chi connectivity index (χ0v) is 25.1. The minimum absolute atomic E-state index is 0.0335. The van der Waals surface area contributed by atoms with Gasteiger partial charge in [0.05, 0.1) is 6.10 Å². The average molecular weight is 535 g/mol. The first kappa shape index (κ1) is 34.4. The van der Waals surface area contributed by atoms with Gasteiger partial charge in [0.15, 0.2) is 11.6 Å². The second-order valence-electron chi connectivity index (χ2n) is 11.9. The minimum atomic E-state index is -1.35. The van der Waals surface area contributed by atoms with Crippen LogP contribution in [0.1, 0.15) is 100 Å². The highest BCUT2D eigenvalue weighted by atomic mass is 16.3. The van der Waals surface area contributed by atoms with Crippen LogP contribution >= 0.6 is 0 Å². The number of aliphatic hydroxyl groups is 3. The number of carbonyl (C=O) groups excluding carboxylic acids is 3. The minimum Gasteiger partial charge on any atom is -0.397 e. The Kier molecular flexibility index (Phi) is 12.8. The van der Waals surface area contributed by atoms with Gasteiger partial charge in [-0.2, -0.15) is 0 Å². The Bertz CT molecular complexity index is 860. The van der Waals surface area contributed by atoms with E-state index >= 15 is 0 Å². The van der Waals surface area contributed by atoms with Gasteiger partial charge < -0.3 is 20.1 Å². The van der Waals surface area contributed by atoms with Crippen LogP contribution in [-0.4, -0.2) is 52.0 Å². The van der Waals surface area contributed by atoms with Crippen LogP contribution in [0.15, 0.2) is 23.8 Å². The van der Waals surface area contributed by atoms with E-state index in [0.717, 1.165) is 30.8 Å². The number of allylic oxidation sites excluding steroid dienone is 4. The van der Waals surface area contributed by atoms with E-state index in [1.807, 2.05) is 47.5 Å². The molecule has 6 nitrogen and oxygen atoms in total. The van der Waals surface area contributed by atoms with Crippen molar-refractivity contribution in [1.82, 2.24) is 0 Å². The number of fused-ring (bicyclic) bond motifs is 5. The molecule has 0 radical (unpaired) electrons. The van der Waals surface area contributed by atoms with Crippen molar-refractivity contribution in [3.8, 4) is 0 Å². The van der Waals surface area contributed by atoms with E-state index in [1.54, 1.807) is 19.1 Å². The van der Waals surface area contributed by atoms with Crippen LogP contribution in [0.25, 0.3) is 0 Å². The van der Waals surface area contributed by atoms with Crippen molar-refractivity contribution in [1.29, 1.82) is 0 Å². The molecule has 0 saturated heterocycles. The highest BCUT2D eigenvalue weighted by Gasteiger charge is 2.70. The number of carbonyl (C=O) groups is 3. The van der Waals surface area contributed by atoms with E-state index in [2.05, 4.69) is 13.8 Å². The normalized spacial score (nSPS) is 39.9. The van der Waals surface area contributed by atoms with E-state index in [1.165, 1.54) is 12.8 Å². The van der Waals surface area contributed by atoms with Gasteiger partial charge in [0.2, 0.25) is 0 Å². The van der Waals surface area contributed by atoms with Crippen molar-refractivity contribution in [2.75, 3.05) is 6.61 Å². The van der Waals surface area contributed by atoms with E-state index in [0.29, 0.717) is 12.8 Å². The Balaban J connectivity index is 0.000000562. The fourth-order valence-corrected chi connectivity index (χ4v) is 7.69. The summed E-state index contributed by atoms with van der Waals surface area (Å²) >= 11 is 0. The number of aliphatic hydroxyl groups excluding tert-OH is 2. The van der Waals surface area contributed by atoms with Gasteiger partial charge >= 0.3 is 0 Å². The first-order valence-electron chi connectivity index (χ1n) is 14.7. The van der Waals surface area contributed by atoms with E-state index in [9.17, 15) is 19.8 Å². The highest BCUT2D eigenvalue weighted by molar-refractivity contribution is 6.01. The van der Waals surface area contributed by atoms with Gasteiger partial charge in [0.1, 0.15) is 12.4 Å². The zero-order chi connectivity index (χ0) is 29.5. The van der Waals surface area contributed by atoms with Crippen LogP contribution in [0.5, 0.6) is 0 Å². The Morgan fingerprint density at radius 2 is 1.63 bits per heavy atom. The molecule has 3 N–H and O–H groups in total. The van der Waals surface area contributed by atoms with Gasteiger partial charge in [-0.25, -0.2) is 0 Å². The first-order chi connectivity index (χ1) is 17.9. The van der Waals surface area contributed by atoms with Crippen LogP contribution in [0, 0.1) is 40.4 Å². The van der Waals surface area contributed by atoms with E-state index < -0.39 is 17.1 Å². The topological polar surface area (TPSA) is 112 Å². The van der Waals surface area contributed by atoms with Crippen molar-refractivity contribution in [3.63, 3.8) is 0 Å². The number of hydrogen-bond donors (Lipinski definition) is 3. The van der Waals surface area contributed by atoms with Gasteiger partial charge in [-0.05, 0) is 68.4 Å². The summed E-state index contributed by atoms with van der Waals surface area (Å²) in [4.78, 5) is 32.7. The van der Waals surface area contributed by atoms with Crippen molar-refractivity contribution in [2.24, 2.45) is 40.4 Å². The summed E-state index contributed by atoms with van der Waals surface area (Å²) in [6.07, 6.45) is 11.1. The predicted octanol–water partition coefficient (Wildman–Crippen LogP) is 5.48. The largest absolute Gasteiger partial charge is 0.397 e. The van der Waals surface area contributed by atoms with Crippen LogP contribution < -0.4 is 0 Å². The smallest absolute Gasteiger partial charge is 0.178 e. The lowest BCUT2D eigenvalue weighted by atomic mass is 9.46. The molecule has 0 amide bonds. The molecule has 0 aromatic rings. The summed E-state index contributed by atoms with van der Waals surface area (Å²) < 4.78 is 0. The maximum Gasteiger partial charge on any atom is 0.178 e. The lowest BCUT2D eigenvalue weighted by molar-refractivity contribution is -0.181. The number of Topliss-reactive ketones (excluding diaryl/α,β-unsaturated/α-hetero) is 1. The van der Waals surface area contributed by atoms with Gasteiger partial charge in [-0.15, -0.1) is 0 Å². The van der Waals surface area contributed by atoms with Crippen molar-refractivity contribution in [2.45, 2.75) is 112 Å². The molecule has 0 bridgehead atoms. The van der Waals surface area contributed by atoms with Crippen molar-refractivity contribution >= 4 is 18.4 Å². The van der Waals surface area contributed by atoms with Gasteiger partial charge in [-0.3, -0.25) is 9.59 Å². The average Bonchev–Trinajstić information content (AvgIpc) is 3.66. The highest BCUT2D eigenvalue weighted by Crippen LogP contribution is 2.68. The summed E-state index contributed by atoms with van der Waals surface area (Å²) in [5, 5.41) is 30.5. The van der Waals surface area contributed by atoms with Gasteiger partial charge in [0, 0.05) is 29.8 Å². The van der Waals surface area contributed by atoms with Gasteiger partial charge in [-0.1, -0.05) is 73.0 Å². The number of rotatable bonds is 2. The monoisotopic (exact) mass is 534 g/mol. The molecule has 5 rings (SSSR count). The Labute approximate surface area is 231 Å². The van der Waals surface area contributed by atoms with Crippen LogP contribution in [0.2, 0.25) is 0 Å². The second kappa shape index (κ2) is 14.1. The first-order valence-corrected chi connectivity index (χ1v) is 14.7. The maximum atomic E-state index is 12.8. The van der Waals surface area contributed by atoms with Crippen LogP contribution in [0.3, 0.4) is 0 Å². The van der Waals surface area contributed by atoms with Gasteiger partial charge in [0.25, 0.3) is 0 Å². The quantitative estimate of drug-likeness (QED) is 0.433. The number of ketones is 2. The third-order valence-corrected chi connectivity index (χ3v) is 9.69. The van der Waals surface area contributed by atoms with E-state index in [4.69, 9.17) is 9.90 Å². The third kappa shape index (κ3) is 6.23. The lowest BCUT2D eigenvalue weighted by Crippen LogP contribution is -2.62. The molecule has 5 aliphatic rings. The molecule has 0 aromatic heterocycles. The molecule has 4 saturated carbocycles. The molecule has 5 aliphatic carbocycles. The molecule has 8 atom stereocenters. The van der Waals surface area contributed by atoms with Crippen molar-refractivity contribution < 1.29 is 29.7 Å². The zero-order valence-electron chi connectivity index (χ0n) is 25.1. The molecule has 6 unspecified atom stereocenters. The molecule has 38 heavy (non-hydrogen) atoms. The SMILES string of the molecule is C=O.CC.CC1CC1.CCC(=O)[C@@]1(O)[C@H](C)CC2C3CCC4=CC(=O)C=CC4(C)C3C(O)CC21C.CCO. The summed E-state index contributed by atoms with van der Waals surface area (Å²) in [6, 6.07) is 0. The lowest BCUT2D eigenvalue weighted by Gasteiger charge is -2.59. The molecular weight excluding hydrogens is 480 g/mol. The Morgan fingerprint density at radius 3 is 2.11 bits per heavy atom. The summed E-state index contributed by atoms with van der Waals surface area (Å²) in [7, 11) is 0. The molecule has 0 aliphatic heterocycles. The molecule has 0 aromatic carbocycles. The maximum absolute atomic E-state index is 12.8. The predicted molar refractivity (Wildman–Crippen MR) is 152 cm³/mol.